The fraction of sp³-hybridized carbons (Fsp3) is 0.182. The topological polar surface area (TPSA) is 47.3 Å². The van der Waals surface area contributed by atoms with E-state index in [1.165, 1.54) is 12.5 Å². The van der Waals surface area contributed by atoms with Crippen molar-refractivity contribution in [2.45, 2.75) is 0 Å². The molecule has 1 heterocycles. The zero-order valence-electron chi connectivity index (χ0n) is 8.23. The Morgan fingerprint density at radius 3 is 2.87 bits per heavy atom. The van der Waals surface area contributed by atoms with E-state index in [2.05, 4.69) is 0 Å². The Morgan fingerprint density at radius 2 is 2.13 bits per heavy atom. The highest BCUT2D eigenvalue weighted by Gasteiger charge is 2.14. The number of carbonyl (C=O) groups excluding carboxylic acids is 1. The Balaban J connectivity index is 2.44. The van der Waals surface area contributed by atoms with Crippen LogP contribution in [0.2, 0.25) is 0 Å². The second-order valence-electron chi connectivity index (χ2n) is 3.29. The van der Waals surface area contributed by atoms with Crippen LogP contribution in [0.4, 0.5) is 0 Å². The zero-order valence-corrected chi connectivity index (χ0v) is 9.04. The Morgan fingerprint density at radius 1 is 1.40 bits per heavy atom. The van der Waals surface area contributed by atoms with Gasteiger partial charge < -0.3 is 4.42 Å². The molecule has 2 aromatic rings. The first-order valence-electron chi connectivity index (χ1n) is 4.48. The average Bonchev–Trinajstić information content (AvgIpc) is 2.59. The number of benzene rings is 1. The molecule has 1 aromatic carbocycles. The van der Waals surface area contributed by atoms with Crippen molar-refractivity contribution < 1.29 is 13.4 Å². The maximum absolute atomic E-state index is 11.7. The Kier molecular flexibility index (Phi) is 2.68. The Hall–Kier alpha value is -1.42. The number of hydrogen-bond donors (Lipinski definition) is 0. The van der Waals surface area contributed by atoms with Crippen LogP contribution in [-0.2, 0) is 10.8 Å². The van der Waals surface area contributed by atoms with Crippen molar-refractivity contribution in [3.63, 3.8) is 0 Å². The van der Waals surface area contributed by atoms with Crippen molar-refractivity contribution in [3.05, 3.63) is 36.1 Å². The van der Waals surface area contributed by atoms with Gasteiger partial charge in [0.05, 0.1) is 11.3 Å². The van der Waals surface area contributed by atoms with Crippen molar-refractivity contribution in [3.8, 4) is 0 Å². The molecule has 1 unspecified atom stereocenters. The molecular weight excluding hydrogens is 212 g/mol. The van der Waals surface area contributed by atoms with E-state index in [-0.39, 0.29) is 11.5 Å². The summed E-state index contributed by atoms with van der Waals surface area (Å²) >= 11 is 0. The summed E-state index contributed by atoms with van der Waals surface area (Å²) in [5.74, 6) is -0.0930. The standard InChI is InChI=1S/C11H10O3S/c1-15(13)7-10(12)9-6-14-11-5-3-2-4-8(9)11/h2-6H,7H2,1H3. The number of para-hydroxylation sites is 1. The van der Waals surface area contributed by atoms with Crippen molar-refractivity contribution in [2.75, 3.05) is 12.0 Å². The van der Waals surface area contributed by atoms with Crippen LogP contribution in [0.15, 0.2) is 34.9 Å². The lowest BCUT2D eigenvalue weighted by molar-refractivity contribution is 0.102. The molecule has 0 aliphatic carbocycles. The van der Waals surface area contributed by atoms with Crippen molar-refractivity contribution in [2.24, 2.45) is 0 Å². The van der Waals surface area contributed by atoms with Crippen LogP contribution in [0, 0.1) is 0 Å². The van der Waals surface area contributed by atoms with Crippen molar-refractivity contribution >= 4 is 27.6 Å². The normalized spacial score (nSPS) is 12.9. The highest BCUT2D eigenvalue weighted by atomic mass is 32.2. The predicted octanol–water partition coefficient (Wildman–Crippen LogP) is 1.99. The smallest absolute Gasteiger partial charge is 0.179 e. The molecule has 4 heteroatoms. The van der Waals surface area contributed by atoms with Crippen LogP contribution in [0.5, 0.6) is 0 Å². The van der Waals surface area contributed by atoms with Gasteiger partial charge in [-0.3, -0.25) is 9.00 Å². The van der Waals surface area contributed by atoms with E-state index in [9.17, 15) is 9.00 Å². The zero-order chi connectivity index (χ0) is 10.8. The molecule has 1 atom stereocenters. The molecular formula is C11H10O3S. The fourth-order valence-electron chi connectivity index (χ4n) is 1.46. The molecule has 0 saturated heterocycles. The van der Waals surface area contributed by atoms with Gasteiger partial charge in [0.1, 0.15) is 11.8 Å². The van der Waals surface area contributed by atoms with E-state index < -0.39 is 10.8 Å². The summed E-state index contributed by atoms with van der Waals surface area (Å²) < 4.78 is 16.2. The predicted molar refractivity (Wildman–Crippen MR) is 59.5 cm³/mol. The number of furan rings is 1. The molecule has 0 saturated carbocycles. The Bertz CT molecular complexity index is 527. The second kappa shape index (κ2) is 3.98. The number of rotatable bonds is 3. The molecule has 0 radical (unpaired) electrons. The number of ketones is 1. The lowest BCUT2D eigenvalue weighted by Gasteiger charge is -1.94. The van der Waals surface area contributed by atoms with E-state index in [0.717, 1.165) is 5.39 Å². The second-order valence-corrected chi connectivity index (χ2v) is 4.72. The summed E-state index contributed by atoms with van der Waals surface area (Å²) in [6.45, 7) is 0. The summed E-state index contributed by atoms with van der Waals surface area (Å²) in [6, 6.07) is 7.31. The fourth-order valence-corrected chi connectivity index (χ4v) is 1.98. The van der Waals surface area contributed by atoms with E-state index in [4.69, 9.17) is 4.42 Å². The van der Waals surface area contributed by atoms with Crippen LogP contribution in [0.25, 0.3) is 11.0 Å². The van der Waals surface area contributed by atoms with Gasteiger partial charge in [0.2, 0.25) is 0 Å². The van der Waals surface area contributed by atoms with Gasteiger partial charge in [0, 0.05) is 22.4 Å². The van der Waals surface area contributed by atoms with E-state index in [0.29, 0.717) is 11.1 Å². The summed E-state index contributed by atoms with van der Waals surface area (Å²) in [7, 11) is -1.11. The molecule has 0 aliphatic heterocycles. The number of hydrogen-bond acceptors (Lipinski definition) is 3. The summed E-state index contributed by atoms with van der Waals surface area (Å²) in [5.41, 5.74) is 1.20. The molecule has 3 nitrogen and oxygen atoms in total. The molecule has 15 heavy (non-hydrogen) atoms. The molecule has 2 rings (SSSR count). The van der Waals surface area contributed by atoms with Gasteiger partial charge in [-0.25, -0.2) is 0 Å². The van der Waals surface area contributed by atoms with E-state index in [1.807, 2.05) is 18.2 Å². The number of Topliss-reactive ketones (excluding diaryl/α,β-unsaturated/α-hetero) is 1. The highest BCUT2D eigenvalue weighted by molar-refractivity contribution is 7.85. The SMILES string of the molecule is CS(=O)CC(=O)c1coc2ccccc12. The molecule has 0 spiro atoms. The van der Waals surface area contributed by atoms with Gasteiger partial charge in [-0.15, -0.1) is 0 Å². The maximum atomic E-state index is 11.7. The van der Waals surface area contributed by atoms with Crippen LogP contribution in [0.3, 0.4) is 0 Å². The van der Waals surface area contributed by atoms with Crippen LogP contribution < -0.4 is 0 Å². The third kappa shape index (κ3) is 1.99. The molecule has 0 bridgehead atoms. The molecule has 0 fully saturated rings. The monoisotopic (exact) mass is 222 g/mol. The third-order valence-electron chi connectivity index (χ3n) is 2.12. The molecule has 0 aliphatic rings. The molecule has 0 amide bonds. The number of carbonyl (C=O) groups is 1. The lowest BCUT2D eigenvalue weighted by atomic mass is 10.1. The van der Waals surface area contributed by atoms with E-state index in [1.54, 1.807) is 6.07 Å². The van der Waals surface area contributed by atoms with Crippen molar-refractivity contribution in [1.29, 1.82) is 0 Å². The largest absolute Gasteiger partial charge is 0.464 e. The van der Waals surface area contributed by atoms with Gasteiger partial charge in [-0.05, 0) is 6.07 Å². The van der Waals surface area contributed by atoms with Crippen LogP contribution in [-0.4, -0.2) is 22.0 Å². The van der Waals surface area contributed by atoms with Crippen LogP contribution in [0.1, 0.15) is 10.4 Å². The Labute approximate surface area is 89.5 Å². The minimum Gasteiger partial charge on any atom is -0.464 e. The summed E-state index contributed by atoms with van der Waals surface area (Å²) in [6.07, 6.45) is 2.94. The van der Waals surface area contributed by atoms with Gasteiger partial charge in [-0.1, -0.05) is 18.2 Å². The first-order valence-corrected chi connectivity index (χ1v) is 6.20. The summed E-state index contributed by atoms with van der Waals surface area (Å²) in [4.78, 5) is 11.7. The first kappa shape index (κ1) is 10.1. The maximum Gasteiger partial charge on any atom is 0.179 e. The summed E-state index contributed by atoms with van der Waals surface area (Å²) in [5, 5.41) is 0.785. The molecule has 78 valence electrons. The van der Waals surface area contributed by atoms with Crippen LogP contribution >= 0.6 is 0 Å². The van der Waals surface area contributed by atoms with E-state index >= 15 is 0 Å². The minimum atomic E-state index is -1.11. The first-order chi connectivity index (χ1) is 7.18. The lowest BCUT2D eigenvalue weighted by Crippen LogP contribution is -2.08. The quantitative estimate of drug-likeness (QED) is 0.746. The number of fused-ring (bicyclic) bond motifs is 1. The van der Waals surface area contributed by atoms with Gasteiger partial charge in [0.15, 0.2) is 5.78 Å². The van der Waals surface area contributed by atoms with Crippen molar-refractivity contribution in [1.82, 2.24) is 0 Å². The van der Waals surface area contributed by atoms with Gasteiger partial charge in [-0.2, -0.15) is 0 Å². The highest BCUT2D eigenvalue weighted by Crippen LogP contribution is 2.21. The minimum absolute atomic E-state index is 0.0452. The molecule has 1 aromatic heterocycles. The van der Waals surface area contributed by atoms with Gasteiger partial charge in [0.25, 0.3) is 0 Å². The molecule has 0 N–H and O–H groups in total. The van der Waals surface area contributed by atoms with Gasteiger partial charge >= 0.3 is 0 Å². The third-order valence-corrected chi connectivity index (χ3v) is 2.78. The average molecular weight is 222 g/mol.